The minimum absolute atomic E-state index is 0.0531. The van der Waals surface area contributed by atoms with E-state index < -0.39 is 5.69 Å². The van der Waals surface area contributed by atoms with Crippen molar-refractivity contribution in [2.45, 2.75) is 45.7 Å². The number of amides is 1. The lowest BCUT2D eigenvalue weighted by atomic mass is 10.0. The Kier molecular flexibility index (Phi) is 4.93. The summed E-state index contributed by atoms with van der Waals surface area (Å²) in [6.45, 7) is 4.63. The molecule has 146 valence electrons. The van der Waals surface area contributed by atoms with Crippen LogP contribution >= 0.6 is 11.3 Å². The lowest BCUT2D eigenvalue weighted by Gasteiger charge is -2.33. The summed E-state index contributed by atoms with van der Waals surface area (Å²) in [6, 6.07) is 9.21. The molecule has 1 amide bonds. The Balaban J connectivity index is 1.84. The number of aromatic nitrogens is 2. The summed E-state index contributed by atoms with van der Waals surface area (Å²) >= 11 is 1.30. The van der Waals surface area contributed by atoms with Crippen LogP contribution in [0.4, 0.5) is 0 Å². The van der Waals surface area contributed by atoms with Crippen molar-refractivity contribution < 1.29 is 4.79 Å². The van der Waals surface area contributed by atoms with Gasteiger partial charge in [0.2, 0.25) is 5.91 Å². The highest BCUT2D eigenvalue weighted by molar-refractivity contribution is 7.17. The first-order valence-electron chi connectivity index (χ1n) is 9.57. The number of hydrogen-bond acceptors (Lipinski definition) is 4. The standard InChI is InChI=1S/C21H23N3O3S/c1-14-6-5-8-16(12-14)24-20(26)19-17(9-11-28-19)23(21(24)27)13-18(25)22-10-4-3-7-15(22)2/h5-6,8-9,11-12,15H,3-4,7,10,13H2,1-2H3/t15-/m1/s1. The third kappa shape index (κ3) is 3.20. The molecule has 3 aromatic rings. The van der Waals surface area contributed by atoms with Gasteiger partial charge in [0, 0.05) is 12.6 Å². The van der Waals surface area contributed by atoms with E-state index in [0.29, 0.717) is 15.9 Å². The summed E-state index contributed by atoms with van der Waals surface area (Å²) in [4.78, 5) is 41.1. The van der Waals surface area contributed by atoms with Crippen molar-refractivity contribution in [3.8, 4) is 5.69 Å². The number of nitrogens with zero attached hydrogens (tertiary/aromatic N) is 3. The number of aryl methyl sites for hydroxylation is 1. The van der Waals surface area contributed by atoms with Crippen molar-refractivity contribution in [1.29, 1.82) is 0 Å². The van der Waals surface area contributed by atoms with Crippen LogP contribution in [0.5, 0.6) is 0 Å². The number of hydrogen-bond donors (Lipinski definition) is 0. The van der Waals surface area contributed by atoms with E-state index in [1.165, 1.54) is 20.5 Å². The van der Waals surface area contributed by atoms with Crippen LogP contribution < -0.4 is 11.2 Å². The Bertz CT molecular complexity index is 1160. The van der Waals surface area contributed by atoms with Gasteiger partial charge in [-0.05, 0) is 62.3 Å². The van der Waals surface area contributed by atoms with Gasteiger partial charge in [0.05, 0.1) is 11.2 Å². The molecule has 1 atom stereocenters. The molecule has 0 saturated carbocycles. The van der Waals surface area contributed by atoms with E-state index in [1.807, 2.05) is 30.9 Å². The first-order chi connectivity index (χ1) is 13.5. The molecule has 7 heteroatoms. The van der Waals surface area contributed by atoms with Gasteiger partial charge in [-0.3, -0.25) is 14.2 Å². The second kappa shape index (κ2) is 7.39. The molecule has 1 fully saturated rings. The monoisotopic (exact) mass is 397 g/mol. The van der Waals surface area contributed by atoms with Gasteiger partial charge in [0.25, 0.3) is 5.56 Å². The van der Waals surface area contributed by atoms with Gasteiger partial charge in [-0.15, -0.1) is 11.3 Å². The van der Waals surface area contributed by atoms with Gasteiger partial charge < -0.3 is 4.90 Å². The van der Waals surface area contributed by atoms with Crippen LogP contribution in [0.2, 0.25) is 0 Å². The van der Waals surface area contributed by atoms with Crippen LogP contribution in [0.25, 0.3) is 15.9 Å². The first-order valence-corrected chi connectivity index (χ1v) is 10.4. The summed E-state index contributed by atoms with van der Waals surface area (Å²) in [6.07, 6.45) is 3.09. The summed E-state index contributed by atoms with van der Waals surface area (Å²) in [5, 5.41) is 1.79. The molecular formula is C21H23N3O3S. The number of benzene rings is 1. The van der Waals surface area contributed by atoms with Gasteiger partial charge in [-0.2, -0.15) is 0 Å². The molecule has 0 unspecified atom stereocenters. The zero-order valence-corrected chi connectivity index (χ0v) is 16.9. The van der Waals surface area contributed by atoms with Gasteiger partial charge >= 0.3 is 5.69 Å². The lowest BCUT2D eigenvalue weighted by molar-refractivity contribution is -0.135. The second-order valence-corrected chi connectivity index (χ2v) is 8.33. The number of carbonyl (C=O) groups is 1. The van der Waals surface area contributed by atoms with Crippen LogP contribution in [0.15, 0.2) is 45.3 Å². The molecule has 3 heterocycles. The highest BCUT2D eigenvalue weighted by atomic mass is 32.1. The molecule has 28 heavy (non-hydrogen) atoms. The quantitative estimate of drug-likeness (QED) is 0.683. The van der Waals surface area contributed by atoms with Crippen LogP contribution in [0.3, 0.4) is 0 Å². The van der Waals surface area contributed by atoms with E-state index in [9.17, 15) is 14.4 Å². The van der Waals surface area contributed by atoms with Crippen molar-refractivity contribution in [2.24, 2.45) is 0 Å². The van der Waals surface area contributed by atoms with Crippen molar-refractivity contribution in [3.63, 3.8) is 0 Å². The molecule has 1 aromatic carbocycles. The lowest BCUT2D eigenvalue weighted by Crippen LogP contribution is -2.46. The third-order valence-corrected chi connectivity index (χ3v) is 6.32. The first kappa shape index (κ1) is 18.7. The Morgan fingerprint density at radius 1 is 1.21 bits per heavy atom. The number of likely N-dealkylation sites (tertiary alicyclic amines) is 1. The Morgan fingerprint density at radius 2 is 2.04 bits per heavy atom. The maximum atomic E-state index is 13.3. The zero-order chi connectivity index (χ0) is 19.8. The third-order valence-electron chi connectivity index (χ3n) is 5.43. The molecule has 0 N–H and O–H groups in total. The smallest absolute Gasteiger partial charge is 0.336 e. The van der Waals surface area contributed by atoms with Gasteiger partial charge in [0.15, 0.2) is 0 Å². The van der Waals surface area contributed by atoms with Crippen LogP contribution in [-0.4, -0.2) is 32.5 Å². The van der Waals surface area contributed by atoms with Crippen molar-refractivity contribution in [1.82, 2.24) is 14.0 Å². The van der Waals surface area contributed by atoms with E-state index >= 15 is 0 Å². The fraction of sp³-hybridized carbons (Fsp3) is 0.381. The number of thiophene rings is 1. The van der Waals surface area contributed by atoms with Crippen LogP contribution in [0.1, 0.15) is 31.7 Å². The molecule has 0 aliphatic carbocycles. The predicted octanol–water partition coefficient (Wildman–Crippen LogP) is 2.92. The minimum atomic E-state index is -0.473. The molecule has 2 aromatic heterocycles. The largest absolute Gasteiger partial charge is 0.338 e. The average Bonchev–Trinajstić information content (AvgIpc) is 3.15. The number of fused-ring (bicyclic) bond motifs is 1. The molecule has 0 radical (unpaired) electrons. The van der Waals surface area contributed by atoms with Crippen molar-refractivity contribution >= 4 is 27.5 Å². The summed E-state index contributed by atoms with van der Waals surface area (Å²) in [5.74, 6) is -0.0729. The maximum absolute atomic E-state index is 13.3. The average molecular weight is 398 g/mol. The van der Waals surface area contributed by atoms with Gasteiger partial charge in [-0.25, -0.2) is 9.36 Å². The topological polar surface area (TPSA) is 64.3 Å². The summed E-state index contributed by atoms with van der Waals surface area (Å²) in [7, 11) is 0. The number of carbonyl (C=O) groups excluding carboxylic acids is 1. The molecule has 1 aliphatic heterocycles. The molecule has 0 bridgehead atoms. The van der Waals surface area contributed by atoms with Crippen LogP contribution in [-0.2, 0) is 11.3 Å². The normalized spacial score (nSPS) is 17.2. The highest BCUT2D eigenvalue weighted by Crippen LogP contribution is 2.19. The van der Waals surface area contributed by atoms with E-state index in [1.54, 1.807) is 23.6 Å². The van der Waals surface area contributed by atoms with Crippen LogP contribution in [0, 0.1) is 6.92 Å². The second-order valence-electron chi connectivity index (χ2n) is 7.42. The highest BCUT2D eigenvalue weighted by Gasteiger charge is 2.25. The van der Waals surface area contributed by atoms with Crippen molar-refractivity contribution in [3.05, 3.63) is 62.1 Å². The molecule has 1 saturated heterocycles. The van der Waals surface area contributed by atoms with E-state index in [-0.39, 0.29) is 24.1 Å². The summed E-state index contributed by atoms with van der Waals surface area (Å²) < 4.78 is 3.11. The SMILES string of the molecule is Cc1cccc(-n2c(=O)c3sccc3n(CC(=O)N3CCCC[C@H]3C)c2=O)c1. The van der Waals surface area contributed by atoms with E-state index in [4.69, 9.17) is 0 Å². The molecule has 4 rings (SSSR count). The Hall–Kier alpha value is -2.67. The Morgan fingerprint density at radius 3 is 2.79 bits per heavy atom. The predicted molar refractivity (Wildman–Crippen MR) is 111 cm³/mol. The maximum Gasteiger partial charge on any atom is 0.336 e. The van der Waals surface area contributed by atoms with Gasteiger partial charge in [0.1, 0.15) is 11.2 Å². The number of rotatable bonds is 3. The Labute approximate surface area is 166 Å². The molecule has 6 nitrogen and oxygen atoms in total. The van der Waals surface area contributed by atoms with Gasteiger partial charge in [-0.1, -0.05) is 12.1 Å². The fourth-order valence-corrected chi connectivity index (χ4v) is 4.75. The molecule has 0 spiro atoms. The van der Waals surface area contributed by atoms with E-state index in [2.05, 4.69) is 0 Å². The minimum Gasteiger partial charge on any atom is -0.338 e. The fourth-order valence-electron chi connectivity index (χ4n) is 3.93. The molecule has 1 aliphatic rings. The summed E-state index contributed by atoms with van der Waals surface area (Å²) in [5.41, 5.74) is 1.20. The van der Waals surface area contributed by atoms with Crippen molar-refractivity contribution in [2.75, 3.05) is 6.54 Å². The van der Waals surface area contributed by atoms with E-state index in [0.717, 1.165) is 31.4 Å². The number of piperidine rings is 1. The molecular weight excluding hydrogens is 374 g/mol. The zero-order valence-electron chi connectivity index (χ0n) is 16.1.